The smallest absolute Gasteiger partial charge is 0.249 e. The largest absolute Gasteiger partial charge is 0.336 e. The fourth-order valence-electron chi connectivity index (χ4n) is 1.82. The first-order chi connectivity index (χ1) is 6.79. The Bertz CT molecular complexity index is 321. The van der Waals surface area contributed by atoms with Crippen LogP contribution in [0, 0.1) is 0 Å². The third kappa shape index (κ3) is 1.49. The summed E-state index contributed by atoms with van der Waals surface area (Å²) in [4.78, 5) is 0. The van der Waals surface area contributed by atoms with Gasteiger partial charge in [-0.25, -0.2) is 0 Å². The first-order valence-electron chi connectivity index (χ1n) is 4.76. The lowest BCUT2D eigenvalue weighted by Crippen LogP contribution is -2.45. The fraction of sp³-hybridized carbons (Fsp3) is 0.455. The summed E-state index contributed by atoms with van der Waals surface area (Å²) in [6.45, 7) is 0. The molecule has 0 spiro atoms. The first-order valence-corrected chi connectivity index (χ1v) is 4.76. The highest BCUT2D eigenvalue weighted by atomic mass is 16.7. The monoisotopic (exact) mass is 193 g/mol. The highest BCUT2D eigenvalue weighted by Crippen LogP contribution is 2.31. The summed E-state index contributed by atoms with van der Waals surface area (Å²) in [5.74, 6) is -0.644. The van der Waals surface area contributed by atoms with Crippen molar-refractivity contribution in [2.75, 3.05) is 19.5 Å². The molecule has 0 atom stereocenters. The third-order valence-corrected chi connectivity index (χ3v) is 2.73. The number of hydrogen-bond donors (Lipinski definition) is 1. The Labute approximate surface area is 84.0 Å². The predicted molar refractivity (Wildman–Crippen MR) is 55.1 cm³/mol. The zero-order valence-electron chi connectivity index (χ0n) is 8.54. The molecule has 3 nitrogen and oxygen atoms in total. The Morgan fingerprint density at radius 1 is 1.21 bits per heavy atom. The number of rotatable bonds is 2. The summed E-state index contributed by atoms with van der Waals surface area (Å²) in [5.41, 5.74) is 2.42. The molecule has 2 rings (SSSR count). The van der Waals surface area contributed by atoms with Gasteiger partial charge in [0, 0.05) is 26.3 Å². The second-order valence-corrected chi connectivity index (χ2v) is 3.44. The predicted octanol–water partition coefficient (Wildman–Crippen LogP) is 1.99. The van der Waals surface area contributed by atoms with Crippen LogP contribution in [0.5, 0.6) is 0 Å². The van der Waals surface area contributed by atoms with E-state index in [0.717, 1.165) is 18.5 Å². The van der Waals surface area contributed by atoms with Crippen molar-refractivity contribution in [2.24, 2.45) is 0 Å². The van der Waals surface area contributed by atoms with Crippen LogP contribution in [0.15, 0.2) is 24.3 Å². The van der Waals surface area contributed by atoms with E-state index in [1.807, 2.05) is 18.2 Å². The molecule has 0 amide bonds. The number of fused-ring (bicyclic) bond motifs is 1. The summed E-state index contributed by atoms with van der Waals surface area (Å²) in [5, 5.41) is 3.27. The molecule has 1 aromatic rings. The van der Waals surface area contributed by atoms with Gasteiger partial charge in [-0.1, -0.05) is 18.2 Å². The van der Waals surface area contributed by atoms with E-state index < -0.39 is 5.91 Å². The van der Waals surface area contributed by atoms with Crippen molar-refractivity contribution in [3.8, 4) is 0 Å². The normalized spacial score (nSPS) is 18.4. The molecule has 0 radical (unpaired) electrons. The molecular formula is C11H15NO2. The van der Waals surface area contributed by atoms with Crippen molar-refractivity contribution in [3.05, 3.63) is 29.8 Å². The minimum absolute atomic E-state index is 0.644. The average Bonchev–Trinajstić information content (AvgIpc) is 2.28. The Hall–Kier alpha value is -1.06. The SMILES string of the molecule is COC1(OC)CCc2ccccc2N1. The van der Waals surface area contributed by atoms with E-state index in [1.165, 1.54) is 5.56 Å². The summed E-state index contributed by atoms with van der Waals surface area (Å²) >= 11 is 0. The van der Waals surface area contributed by atoms with Crippen LogP contribution in [0.1, 0.15) is 12.0 Å². The molecule has 1 heterocycles. The lowest BCUT2D eigenvalue weighted by Gasteiger charge is -2.36. The van der Waals surface area contributed by atoms with Crippen LogP contribution in [0.25, 0.3) is 0 Å². The van der Waals surface area contributed by atoms with Crippen LogP contribution in [0.2, 0.25) is 0 Å². The van der Waals surface area contributed by atoms with Gasteiger partial charge in [0.2, 0.25) is 5.91 Å². The molecular weight excluding hydrogens is 178 g/mol. The van der Waals surface area contributed by atoms with Crippen LogP contribution in [-0.4, -0.2) is 20.1 Å². The third-order valence-electron chi connectivity index (χ3n) is 2.73. The van der Waals surface area contributed by atoms with Gasteiger partial charge in [0.25, 0.3) is 0 Å². The van der Waals surface area contributed by atoms with Crippen LogP contribution in [0.3, 0.4) is 0 Å². The van der Waals surface area contributed by atoms with E-state index in [4.69, 9.17) is 9.47 Å². The van der Waals surface area contributed by atoms with Crippen molar-refractivity contribution >= 4 is 5.69 Å². The molecule has 76 valence electrons. The number of aryl methyl sites for hydroxylation is 1. The van der Waals surface area contributed by atoms with Gasteiger partial charge in [0.1, 0.15) is 0 Å². The van der Waals surface area contributed by atoms with E-state index in [1.54, 1.807) is 14.2 Å². The fourth-order valence-corrected chi connectivity index (χ4v) is 1.82. The minimum atomic E-state index is -0.644. The van der Waals surface area contributed by atoms with Crippen molar-refractivity contribution in [1.82, 2.24) is 0 Å². The standard InChI is InChI=1S/C11H15NO2/c1-13-11(14-2)8-7-9-5-3-4-6-10(9)12-11/h3-6,12H,7-8H2,1-2H3. The summed E-state index contributed by atoms with van der Waals surface area (Å²) in [7, 11) is 3.31. The molecule has 1 aliphatic rings. The summed E-state index contributed by atoms with van der Waals surface area (Å²) in [6, 6.07) is 8.22. The minimum Gasteiger partial charge on any atom is -0.336 e. The highest BCUT2D eigenvalue weighted by molar-refractivity contribution is 5.54. The van der Waals surface area contributed by atoms with Gasteiger partial charge < -0.3 is 14.8 Å². The second-order valence-electron chi connectivity index (χ2n) is 3.44. The number of hydrogen-bond acceptors (Lipinski definition) is 3. The molecule has 3 heteroatoms. The van der Waals surface area contributed by atoms with E-state index in [2.05, 4.69) is 11.4 Å². The Morgan fingerprint density at radius 2 is 1.93 bits per heavy atom. The van der Waals surface area contributed by atoms with Crippen molar-refractivity contribution in [3.63, 3.8) is 0 Å². The molecule has 0 saturated heterocycles. The average molecular weight is 193 g/mol. The molecule has 0 unspecified atom stereocenters. The Balaban J connectivity index is 2.28. The number of anilines is 1. The molecule has 14 heavy (non-hydrogen) atoms. The van der Waals surface area contributed by atoms with E-state index in [-0.39, 0.29) is 0 Å². The quantitative estimate of drug-likeness (QED) is 0.729. The van der Waals surface area contributed by atoms with Gasteiger partial charge in [0.05, 0.1) is 0 Å². The second kappa shape index (κ2) is 3.59. The van der Waals surface area contributed by atoms with E-state index in [0.29, 0.717) is 0 Å². The van der Waals surface area contributed by atoms with E-state index >= 15 is 0 Å². The maximum absolute atomic E-state index is 5.35. The molecule has 1 aliphatic heterocycles. The lowest BCUT2D eigenvalue weighted by atomic mass is 10.0. The van der Waals surface area contributed by atoms with Gasteiger partial charge in [-0.15, -0.1) is 0 Å². The lowest BCUT2D eigenvalue weighted by molar-refractivity contribution is -0.190. The topological polar surface area (TPSA) is 30.5 Å². The van der Waals surface area contributed by atoms with Crippen molar-refractivity contribution in [1.29, 1.82) is 0 Å². The number of methoxy groups -OCH3 is 2. The van der Waals surface area contributed by atoms with Crippen LogP contribution in [-0.2, 0) is 15.9 Å². The van der Waals surface area contributed by atoms with Gasteiger partial charge in [-0.05, 0) is 18.1 Å². The zero-order chi connectivity index (χ0) is 10.0. The maximum Gasteiger partial charge on any atom is 0.249 e. The zero-order valence-corrected chi connectivity index (χ0v) is 8.54. The van der Waals surface area contributed by atoms with Crippen LogP contribution in [0.4, 0.5) is 5.69 Å². The maximum atomic E-state index is 5.35. The van der Waals surface area contributed by atoms with Crippen molar-refractivity contribution < 1.29 is 9.47 Å². The van der Waals surface area contributed by atoms with Gasteiger partial charge in [0.15, 0.2) is 0 Å². The summed E-state index contributed by atoms with van der Waals surface area (Å²) in [6.07, 6.45) is 1.81. The molecule has 0 saturated carbocycles. The van der Waals surface area contributed by atoms with E-state index in [9.17, 15) is 0 Å². The van der Waals surface area contributed by atoms with Crippen LogP contribution >= 0.6 is 0 Å². The van der Waals surface area contributed by atoms with Gasteiger partial charge >= 0.3 is 0 Å². The highest BCUT2D eigenvalue weighted by Gasteiger charge is 2.33. The molecule has 0 aliphatic carbocycles. The van der Waals surface area contributed by atoms with Gasteiger partial charge in [-0.3, -0.25) is 0 Å². The molecule has 0 aromatic heterocycles. The number of benzene rings is 1. The van der Waals surface area contributed by atoms with Crippen molar-refractivity contribution in [2.45, 2.75) is 18.8 Å². The Morgan fingerprint density at radius 3 is 2.64 bits per heavy atom. The summed E-state index contributed by atoms with van der Waals surface area (Å²) < 4.78 is 10.7. The number of nitrogens with one attached hydrogen (secondary N) is 1. The Kier molecular flexibility index (Phi) is 2.44. The number of para-hydroxylation sites is 1. The molecule has 0 bridgehead atoms. The molecule has 1 N–H and O–H groups in total. The number of ether oxygens (including phenoxy) is 2. The van der Waals surface area contributed by atoms with Gasteiger partial charge in [-0.2, -0.15) is 0 Å². The van der Waals surface area contributed by atoms with Crippen LogP contribution < -0.4 is 5.32 Å². The molecule has 0 fully saturated rings. The first kappa shape index (κ1) is 9.49. The molecule has 1 aromatic carbocycles.